The molecule has 11 heteroatoms. The summed E-state index contributed by atoms with van der Waals surface area (Å²) in [6.45, 7) is 2.76. The molecule has 0 aliphatic carbocycles. The number of thiazole rings is 1. The molecule has 1 spiro atoms. The van der Waals surface area contributed by atoms with Crippen molar-refractivity contribution in [3.8, 4) is 0 Å². The zero-order valence-corrected chi connectivity index (χ0v) is 22.9. The van der Waals surface area contributed by atoms with Crippen LogP contribution in [0.3, 0.4) is 0 Å². The summed E-state index contributed by atoms with van der Waals surface area (Å²) in [6.07, 6.45) is 0. The monoisotopic (exact) mass is 583 g/mol. The van der Waals surface area contributed by atoms with Crippen molar-refractivity contribution in [2.24, 2.45) is 0 Å². The van der Waals surface area contributed by atoms with Crippen LogP contribution in [0.5, 0.6) is 0 Å². The number of hydrogen-bond donors (Lipinski definition) is 0. The second kappa shape index (κ2) is 8.98. The molecule has 0 fully saturated rings. The van der Waals surface area contributed by atoms with Gasteiger partial charge in [0.05, 0.1) is 33.8 Å². The van der Waals surface area contributed by atoms with Crippen LogP contribution in [0.25, 0.3) is 11.0 Å². The van der Waals surface area contributed by atoms with Crippen molar-refractivity contribution in [2.45, 2.75) is 25.9 Å². The summed E-state index contributed by atoms with van der Waals surface area (Å²) in [5.74, 6) is -3.47. The van der Waals surface area contributed by atoms with Crippen LogP contribution >= 0.6 is 11.3 Å². The number of rotatable bonds is 4. The molecule has 2 aromatic heterocycles. The SMILES string of the molecule is CC(=O)c1sc(N2C(=O)c3oc4ccc(F)cc4c(=O)c3C23C(=O)N(Cc2ccccc2F)c2ccccc23)nc1C. The van der Waals surface area contributed by atoms with E-state index in [0.29, 0.717) is 11.4 Å². The maximum Gasteiger partial charge on any atom is 0.297 e. The summed E-state index contributed by atoms with van der Waals surface area (Å²) in [6, 6.07) is 15.9. The Balaban J connectivity index is 1.57. The highest BCUT2D eigenvalue weighted by atomic mass is 32.1. The molecule has 2 amide bonds. The predicted octanol–water partition coefficient (Wildman–Crippen LogP) is 5.49. The smallest absolute Gasteiger partial charge is 0.297 e. The first kappa shape index (κ1) is 25.9. The van der Waals surface area contributed by atoms with Gasteiger partial charge in [0.15, 0.2) is 21.9 Å². The van der Waals surface area contributed by atoms with Gasteiger partial charge in [-0.25, -0.2) is 13.8 Å². The molecule has 0 saturated carbocycles. The van der Waals surface area contributed by atoms with E-state index in [2.05, 4.69) is 4.98 Å². The minimum atomic E-state index is -2.12. The summed E-state index contributed by atoms with van der Waals surface area (Å²) in [4.78, 5) is 62.8. The summed E-state index contributed by atoms with van der Waals surface area (Å²) >= 11 is 0.907. The van der Waals surface area contributed by atoms with Crippen molar-refractivity contribution in [1.82, 2.24) is 4.98 Å². The second-order valence-corrected chi connectivity index (χ2v) is 11.1. The number of aromatic nitrogens is 1. The third-order valence-electron chi connectivity index (χ3n) is 7.67. The van der Waals surface area contributed by atoms with Crippen LogP contribution in [0.15, 0.2) is 75.9 Å². The van der Waals surface area contributed by atoms with E-state index in [1.54, 1.807) is 37.3 Å². The average molecular weight is 584 g/mol. The number of para-hydroxylation sites is 1. The van der Waals surface area contributed by atoms with Gasteiger partial charge in [-0.05, 0) is 37.3 Å². The molecular weight excluding hydrogens is 564 g/mol. The molecule has 0 bridgehead atoms. The van der Waals surface area contributed by atoms with Crippen LogP contribution in [0, 0.1) is 18.6 Å². The Labute approximate surface area is 240 Å². The lowest BCUT2D eigenvalue weighted by atomic mass is 9.84. The van der Waals surface area contributed by atoms with Crippen molar-refractivity contribution in [3.63, 3.8) is 0 Å². The fourth-order valence-electron chi connectivity index (χ4n) is 5.89. The first-order valence-electron chi connectivity index (χ1n) is 12.9. The highest BCUT2D eigenvalue weighted by Gasteiger charge is 2.66. The minimum Gasteiger partial charge on any atom is -0.450 e. The number of anilines is 2. The van der Waals surface area contributed by atoms with E-state index in [9.17, 15) is 28.0 Å². The van der Waals surface area contributed by atoms with Crippen LogP contribution in [-0.2, 0) is 16.9 Å². The Morgan fingerprint density at radius 3 is 2.50 bits per heavy atom. The highest BCUT2D eigenvalue weighted by Crippen LogP contribution is 2.55. The molecule has 2 aliphatic heterocycles. The van der Waals surface area contributed by atoms with E-state index >= 15 is 0 Å². The van der Waals surface area contributed by atoms with Gasteiger partial charge in [0.25, 0.3) is 11.8 Å². The number of hydrogen-bond acceptors (Lipinski definition) is 7. The molecule has 1 atom stereocenters. The molecular formula is C31H19F2N3O5S. The van der Waals surface area contributed by atoms with E-state index in [1.165, 1.54) is 36.1 Å². The number of Topliss-reactive ketones (excluding diaryl/α,β-unsaturated/α-hetero) is 1. The van der Waals surface area contributed by atoms with Crippen molar-refractivity contribution in [3.05, 3.63) is 122 Å². The van der Waals surface area contributed by atoms with E-state index in [0.717, 1.165) is 28.4 Å². The number of carbonyl (C=O) groups excluding carboxylic acids is 3. The topological polar surface area (TPSA) is 101 Å². The van der Waals surface area contributed by atoms with Gasteiger partial charge in [0.1, 0.15) is 17.2 Å². The predicted molar refractivity (Wildman–Crippen MR) is 151 cm³/mol. The zero-order valence-electron chi connectivity index (χ0n) is 22.1. The van der Waals surface area contributed by atoms with Gasteiger partial charge in [0.2, 0.25) is 5.76 Å². The number of fused-ring (bicyclic) bond motifs is 5. The van der Waals surface area contributed by atoms with E-state index in [4.69, 9.17) is 4.42 Å². The molecule has 0 N–H and O–H groups in total. The Morgan fingerprint density at radius 2 is 1.76 bits per heavy atom. The number of halogens is 2. The molecule has 4 heterocycles. The number of nitrogens with zero attached hydrogens (tertiary/aromatic N) is 3. The molecule has 7 rings (SSSR count). The molecule has 0 saturated heterocycles. The van der Waals surface area contributed by atoms with E-state index < -0.39 is 40.2 Å². The number of aryl methyl sites for hydroxylation is 1. The summed E-state index contributed by atoms with van der Waals surface area (Å²) in [5.41, 5.74) is -2.05. The van der Waals surface area contributed by atoms with Gasteiger partial charge in [-0.2, -0.15) is 0 Å². The van der Waals surface area contributed by atoms with Crippen molar-refractivity contribution < 1.29 is 27.6 Å². The van der Waals surface area contributed by atoms with Crippen LogP contribution < -0.4 is 15.2 Å². The fourth-order valence-corrected chi connectivity index (χ4v) is 6.91. The van der Waals surface area contributed by atoms with Gasteiger partial charge >= 0.3 is 0 Å². The van der Waals surface area contributed by atoms with Gasteiger partial charge in [-0.1, -0.05) is 47.7 Å². The number of carbonyl (C=O) groups is 3. The largest absolute Gasteiger partial charge is 0.450 e. The third-order valence-corrected chi connectivity index (χ3v) is 8.91. The number of benzene rings is 3. The third kappa shape index (κ3) is 3.34. The van der Waals surface area contributed by atoms with Crippen LogP contribution in [0.1, 0.15) is 49.5 Å². The summed E-state index contributed by atoms with van der Waals surface area (Å²) in [7, 11) is 0. The van der Waals surface area contributed by atoms with E-state index in [-0.39, 0.29) is 50.0 Å². The van der Waals surface area contributed by atoms with E-state index in [1.807, 2.05) is 0 Å². The van der Waals surface area contributed by atoms with Crippen LogP contribution in [0.2, 0.25) is 0 Å². The second-order valence-electron chi connectivity index (χ2n) is 10.1. The first-order chi connectivity index (χ1) is 20.1. The Kier molecular flexibility index (Phi) is 5.54. The maximum absolute atomic E-state index is 14.8. The lowest BCUT2D eigenvalue weighted by molar-refractivity contribution is -0.121. The minimum absolute atomic E-state index is 0.000341. The molecule has 0 radical (unpaired) electrons. The standard InChI is InChI=1S/C31H19F2N3O5S/c1-15-27(16(2)37)42-30(34-15)36-28(39)26-24(25(38)19-13-18(32)11-12-23(19)41-26)31(36)20-8-4-6-10-22(20)35(29(31)40)14-17-7-3-5-9-21(17)33/h3-13H,14H2,1-2H3. The fraction of sp³-hybridized carbons (Fsp3) is 0.129. The number of ketones is 1. The van der Waals surface area contributed by atoms with Crippen molar-refractivity contribution in [1.29, 1.82) is 0 Å². The Bertz CT molecular complexity index is 2090. The molecule has 8 nitrogen and oxygen atoms in total. The lowest BCUT2D eigenvalue weighted by Crippen LogP contribution is -2.53. The molecule has 1 unspecified atom stereocenters. The Hall–Kier alpha value is -5.03. The van der Waals surface area contributed by atoms with Gasteiger partial charge < -0.3 is 9.32 Å². The average Bonchev–Trinajstić information content (AvgIpc) is 3.55. The van der Waals surface area contributed by atoms with Crippen molar-refractivity contribution >= 4 is 50.7 Å². The van der Waals surface area contributed by atoms with Gasteiger partial charge in [-0.3, -0.25) is 24.1 Å². The molecule has 208 valence electrons. The molecule has 42 heavy (non-hydrogen) atoms. The number of amides is 2. The molecule has 5 aromatic rings. The highest BCUT2D eigenvalue weighted by molar-refractivity contribution is 7.17. The molecule has 2 aliphatic rings. The normalized spacial score (nSPS) is 17.4. The van der Waals surface area contributed by atoms with Crippen LogP contribution in [-0.4, -0.2) is 22.6 Å². The zero-order chi connectivity index (χ0) is 29.5. The summed E-state index contributed by atoms with van der Waals surface area (Å²) in [5, 5.41) is -0.153. The quantitative estimate of drug-likeness (QED) is 0.260. The molecule has 3 aromatic carbocycles. The summed E-state index contributed by atoms with van der Waals surface area (Å²) < 4.78 is 35.1. The van der Waals surface area contributed by atoms with Crippen molar-refractivity contribution in [2.75, 3.05) is 9.80 Å². The van der Waals surface area contributed by atoms with Gasteiger partial charge in [-0.15, -0.1) is 0 Å². The first-order valence-corrected chi connectivity index (χ1v) is 13.7. The van der Waals surface area contributed by atoms with Crippen LogP contribution in [0.4, 0.5) is 19.6 Å². The Morgan fingerprint density at radius 1 is 1.02 bits per heavy atom. The lowest BCUT2D eigenvalue weighted by Gasteiger charge is -2.32. The maximum atomic E-state index is 14.8. The van der Waals surface area contributed by atoms with Gasteiger partial charge in [0, 0.05) is 18.1 Å².